The molecule has 0 saturated carbocycles. The van der Waals surface area contributed by atoms with Crippen molar-refractivity contribution in [1.29, 1.82) is 0 Å². The van der Waals surface area contributed by atoms with Crippen molar-refractivity contribution in [3.8, 4) is 11.8 Å². The summed E-state index contributed by atoms with van der Waals surface area (Å²) in [6.45, 7) is 8.53. The Labute approximate surface area is 414 Å². The molecule has 0 spiro atoms. The first-order valence-electron chi connectivity index (χ1n) is 24.3. The Hall–Kier alpha value is -7.08. The van der Waals surface area contributed by atoms with Gasteiger partial charge in [0.25, 0.3) is 5.91 Å². The van der Waals surface area contributed by atoms with Crippen LogP contribution in [0.4, 0.5) is 0 Å². The fourth-order valence-electron chi connectivity index (χ4n) is 9.14. The Morgan fingerprint density at radius 3 is 2.24 bits per heavy atom. The Bertz CT molecular complexity index is 2570. The van der Waals surface area contributed by atoms with Gasteiger partial charge >= 0.3 is 11.9 Å². The maximum atomic E-state index is 14.5. The second kappa shape index (κ2) is 24.2. The summed E-state index contributed by atoms with van der Waals surface area (Å²) in [5.74, 6) is -3.64. The van der Waals surface area contributed by atoms with E-state index in [2.05, 4.69) is 30.7 Å². The molecule has 3 heterocycles. The zero-order chi connectivity index (χ0) is 50.5. The highest BCUT2D eigenvalue weighted by atomic mass is 16.7. The number of rotatable bonds is 21. The van der Waals surface area contributed by atoms with E-state index in [4.69, 9.17) is 9.57 Å². The summed E-state index contributed by atoms with van der Waals surface area (Å²) in [5, 5.41) is 39.8. The van der Waals surface area contributed by atoms with Gasteiger partial charge < -0.3 is 40.8 Å². The largest absolute Gasteiger partial charge is 0.492 e. The van der Waals surface area contributed by atoms with Crippen molar-refractivity contribution >= 4 is 29.7 Å². The molecule has 2 aromatic heterocycles. The quantitative estimate of drug-likeness (QED) is 0.0426. The van der Waals surface area contributed by atoms with Crippen LogP contribution in [0.15, 0.2) is 116 Å². The Kier molecular flexibility index (Phi) is 17.6. The molecule has 6 N–H and O–H groups in total. The number of piperazine rings is 1. The molecule has 7 rings (SSSR count). The van der Waals surface area contributed by atoms with Crippen molar-refractivity contribution in [2.45, 2.75) is 102 Å². The number of aromatic nitrogens is 2. The third-order valence-electron chi connectivity index (χ3n) is 12.7. The molecule has 3 amide bonds. The van der Waals surface area contributed by atoms with Gasteiger partial charge in [0.2, 0.25) is 23.6 Å². The molecule has 5 atom stereocenters. The van der Waals surface area contributed by atoms with E-state index in [9.17, 15) is 39.3 Å². The van der Waals surface area contributed by atoms with E-state index in [0.29, 0.717) is 75.1 Å². The number of carbonyl (C=O) groups is 5. The first-order chi connectivity index (χ1) is 34.1. The molecule has 2 aliphatic rings. The van der Waals surface area contributed by atoms with Gasteiger partial charge in [-0.15, -0.1) is 4.73 Å². The molecule has 0 unspecified atom stereocenters. The smallest absolute Gasteiger partial charge is 0.363 e. The number of aliphatic hydroxyl groups excluding tert-OH is 1. The monoisotopic (exact) mass is 971 g/mol. The molecule has 0 radical (unpaired) electrons. The zero-order valence-corrected chi connectivity index (χ0v) is 40.5. The van der Waals surface area contributed by atoms with E-state index in [1.165, 1.54) is 24.3 Å². The SMILES string of the molecule is CC(C)(C)NC(=O)[C@@H]1CN(Cc2cccnc2)CCN1C[C@H](C[C@@H](Cc1ccccc1)C(=O)N[C@H]1c2ccccc2C[C@H]1O)OC(=O)CCCCCNC(=O)c1ccc(C(=O)On2c(O)ccc2O)cc1. The number of carbonyl (C=O) groups excluding carboxylic acids is 5. The second-order valence-corrected chi connectivity index (χ2v) is 19.4. The van der Waals surface area contributed by atoms with Crippen LogP contribution in [0.3, 0.4) is 0 Å². The summed E-state index contributed by atoms with van der Waals surface area (Å²) in [6, 6.07) is 28.1. The number of ether oxygens (including phenoxy) is 1. The van der Waals surface area contributed by atoms with E-state index in [-0.39, 0.29) is 42.7 Å². The third-order valence-corrected chi connectivity index (χ3v) is 12.7. The highest BCUT2D eigenvalue weighted by Crippen LogP contribution is 2.32. The third kappa shape index (κ3) is 14.7. The van der Waals surface area contributed by atoms with Gasteiger partial charge in [0.05, 0.1) is 17.7 Å². The lowest BCUT2D eigenvalue weighted by Crippen LogP contribution is -2.62. The van der Waals surface area contributed by atoms with Crippen molar-refractivity contribution in [3.63, 3.8) is 0 Å². The minimum absolute atomic E-state index is 0.0913. The van der Waals surface area contributed by atoms with E-state index in [1.54, 1.807) is 6.20 Å². The Morgan fingerprint density at radius 2 is 1.52 bits per heavy atom. The van der Waals surface area contributed by atoms with Crippen molar-refractivity contribution < 1.29 is 48.9 Å². The van der Waals surface area contributed by atoms with Crippen molar-refractivity contribution in [1.82, 2.24) is 35.5 Å². The summed E-state index contributed by atoms with van der Waals surface area (Å²) >= 11 is 0. The van der Waals surface area contributed by atoms with Crippen LogP contribution >= 0.6 is 0 Å². The highest BCUT2D eigenvalue weighted by molar-refractivity contribution is 5.96. The van der Waals surface area contributed by atoms with Crippen LogP contribution in [0.25, 0.3) is 0 Å². The number of esters is 1. The first-order valence-corrected chi connectivity index (χ1v) is 24.3. The van der Waals surface area contributed by atoms with Crippen LogP contribution in [0.1, 0.15) is 102 Å². The number of amides is 3. The van der Waals surface area contributed by atoms with Gasteiger partial charge in [-0.25, -0.2) is 4.79 Å². The molecule has 5 aromatic rings. The van der Waals surface area contributed by atoms with E-state index in [0.717, 1.165) is 34.4 Å². The first kappa shape index (κ1) is 51.8. The zero-order valence-electron chi connectivity index (χ0n) is 40.5. The molecule has 3 aromatic carbocycles. The number of aromatic hydroxyl groups is 2. The molecule has 17 nitrogen and oxygen atoms in total. The van der Waals surface area contributed by atoms with E-state index >= 15 is 0 Å². The Balaban J connectivity index is 1.01. The number of nitrogens with zero attached hydrogens (tertiary/aromatic N) is 4. The minimum Gasteiger partial charge on any atom is -0.492 e. The van der Waals surface area contributed by atoms with Crippen LogP contribution in [0, 0.1) is 5.92 Å². The molecule has 1 fully saturated rings. The molecular formula is C54H65N7O10. The number of benzene rings is 3. The number of nitrogens with one attached hydrogen (secondary N) is 3. The second-order valence-electron chi connectivity index (χ2n) is 19.4. The number of hydrogen-bond donors (Lipinski definition) is 6. The van der Waals surface area contributed by atoms with Crippen LogP contribution in [0.5, 0.6) is 11.8 Å². The van der Waals surface area contributed by atoms with Gasteiger partial charge in [-0.3, -0.25) is 34.0 Å². The van der Waals surface area contributed by atoms with Crippen molar-refractivity contribution in [2.24, 2.45) is 5.92 Å². The summed E-state index contributed by atoms with van der Waals surface area (Å²) < 4.78 is 6.93. The average molecular weight is 972 g/mol. The number of aliphatic hydroxyl groups is 1. The summed E-state index contributed by atoms with van der Waals surface area (Å²) in [6.07, 6.45) is 4.65. The molecular weight excluding hydrogens is 907 g/mol. The molecule has 17 heteroatoms. The predicted octanol–water partition coefficient (Wildman–Crippen LogP) is 4.89. The fourth-order valence-corrected chi connectivity index (χ4v) is 9.14. The number of pyridine rings is 1. The van der Waals surface area contributed by atoms with Gasteiger partial charge in [0, 0.05) is 93.7 Å². The van der Waals surface area contributed by atoms with Gasteiger partial charge in [-0.05, 0) is 99.0 Å². The van der Waals surface area contributed by atoms with Crippen molar-refractivity contribution in [3.05, 3.63) is 149 Å². The fraction of sp³-hybridized carbons (Fsp3) is 0.407. The van der Waals surface area contributed by atoms with E-state index < -0.39 is 59.4 Å². The van der Waals surface area contributed by atoms with Crippen LogP contribution in [-0.2, 0) is 38.5 Å². The van der Waals surface area contributed by atoms with E-state index in [1.807, 2.05) is 93.7 Å². The minimum atomic E-state index is -0.851. The maximum Gasteiger partial charge on any atom is 0.363 e. The molecule has 1 saturated heterocycles. The standard InChI is InChI=1S/C54H65N7O10/c1-54(2,3)58-52(68)44-35-59(33-37-15-12-25-55-32-37)27-28-60(44)34-42(30-41(29-36-13-6-4-7-14-36)51(67)57-49-43-17-10-9-16-40(43)31-45(49)62)70-48(65)18-8-5-11-26-56-50(66)38-19-21-39(22-20-38)53(69)71-61-46(63)23-24-47(61)64/h4,6-7,9-10,12-17,19-25,32,41-42,44-45,49,62-64H,5,8,11,18,26-31,33-35H2,1-3H3,(H,56,66)(H,57,67)(H,58,68)/t41-,42+,44+,45-,49+/m1/s1. The van der Waals surface area contributed by atoms with Gasteiger partial charge in [0.1, 0.15) is 12.1 Å². The summed E-state index contributed by atoms with van der Waals surface area (Å²) in [4.78, 5) is 81.5. The van der Waals surface area contributed by atoms with Crippen LogP contribution < -0.4 is 20.8 Å². The van der Waals surface area contributed by atoms with Crippen LogP contribution in [-0.4, -0.2) is 121 Å². The summed E-state index contributed by atoms with van der Waals surface area (Å²) in [5.41, 5.74) is 3.71. The lowest BCUT2D eigenvalue weighted by Gasteiger charge is -2.42. The van der Waals surface area contributed by atoms with Gasteiger partial charge in [-0.2, -0.15) is 0 Å². The normalized spacial score (nSPS) is 17.9. The number of unbranched alkanes of at least 4 members (excludes halogenated alkanes) is 2. The number of hydrogen-bond acceptors (Lipinski definition) is 13. The van der Waals surface area contributed by atoms with Crippen LogP contribution in [0.2, 0.25) is 0 Å². The molecule has 0 bridgehead atoms. The molecule has 1 aliphatic heterocycles. The number of fused-ring (bicyclic) bond motifs is 1. The predicted molar refractivity (Wildman–Crippen MR) is 264 cm³/mol. The molecule has 71 heavy (non-hydrogen) atoms. The highest BCUT2D eigenvalue weighted by Gasteiger charge is 2.38. The van der Waals surface area contributed by atoms with Gasteiger partial charge in [-0.1, -0.05) is 67.1 Å². The molecule has 376 valence electrons. The van der Waals surface area contributed by atoms with Gasteiger partial charge in [0.15, 0.2) is 0 Å². The summed E-state index contributed by atoms with van der Waals surface area (Å²) in [7, 11) is 0. The lowest BCUT2D eigenvalue weighted by molar-refractivity contribution is -0.153. The molecule has 1 aliphatic carbocycles. The maximum absolute atomic E-state index is 14.5. The van der Waals surface area contributed by atoms with Crippen molar-refractivity contribution in [2.75, 3.05) is 32.7 Å². The lowest BCUT2D eigenvalue weighted by atomic mass is 9.91. The Morgan fingerprint density at radius 1 is 0.817 bits per heavy atom. The average Bonchev–Trinajstić information content (AvgIpc) is 3.84. The topological polar surface area (TPSA) is 225 Å².